The highest BCUT2D eigenvalue weighted by atomic mass is 16.6. The summed E-state index contributed by atoms with van der Waals surface area (Å²) in [5, 5.41) is 14.2. The second-order valence-corrected chi connectivity index (χ2v) is 7.66. The van der Waals surface area contributed by atoms with Gasteiger partial charge in [-0.05, 0) is 56.6 Å². The lowest BCUT2D eigenvalue weighted by molar-refractivity contribution is -0.385. The van der Waals surface area contributed by atoms with Crippen LogP contribution in [0.3, 0.4) is 0 Å². The molecule has 29 heavy (non-hydrogen) atoms. The van der Waals surface area contributed by atoms with Gasteiger partial charge in [-0.1, -0.05) is 18.2 Å². The van der Waals surface area contributed by atoms with Crippen LogP contribution in [0.15, 0.2) is 42.5 Å². The van der Waals surface area contributed by atoms with Crippen LogP contribution in [0.4, 0.5) is 11.4 Å². The van der Waals surface area contributed by atoms with E-state index in [-0.39, 0.29) is 17.6 Å². The van der Waals surface area contributed by atoms with E-state index in [0.29, 0.717) is 17.7 Å². The average Bonchev–Trinajstić information content (AvgIpc) is 3.22. The summed E-state index contributed by atoms with van der Waals surface area (Å²) >= 11 is 0. The van der Waals surface area contributed by atoms with Gasteiger partial charge in [-0.25, -0.2) is 0 Å². The second-order valence-electron chi connectivity index (χ2n) is 7.66. The molecule has 0 spiro atoms. The summed E-state index contributed by atoms with van der Waals surface area (Å²) in [6, 6.07) is 13.1. The van der Waals surface area contributed by atoms with E-state index in [1.54, 1.807) is 19.1 Å². The number of nitrogens with one attached hydrogen (secondary N) is 1. The monoisotopic (exact) mass is 396 g/mol. The molecular formula is C22H28N4O3. The van der Waals surface area contributed by atoms with E-state index in [0.717, 1.165) is 37.2 Å². The number of nitro benzene ring substituents is 1. The molecular weight excluding hydrogens is 368 g/mol. The van der Waals surface area contributed by atoms with Gasteiger partial charge >= 0.3 is 0 Å². The topological polar surface area (TPSA) is 78.7 Å². The van der Waals surface area contributed by atoms with Crippen molar-refractivity contribution in [1.82, 2.24) is 10.2 Å². The minimum absolute atomic E-state index is 0.0342. The molecule has 1 aliphatic heterocycles. The molecule has 7 heteroatoms. The lowest BCUT2D eigenvalue weighted by Gasteiger charge is -2.28. The molecule has 1 aliphatic rings. The number of nitrogens with zero attached hydrogens (tertiary/aromatic N) is 3. The highest BCUT2D eigenvalue weighted by Gasteiger charge is 2.25. The number of carbonyl (C=O) groups excluding carboxylic acids is 1. The molecule has 7 nitrogen and oxygen atoms in total. The van der Waals surface area contributed by atoms with Crippen molar-refractivity contribution >= 4 is 17.3 Å². The number of anilines is 1. The Balaban J connectivity index is 1.78. The summed E-state index contributed by atoms with van der Waals surface area (Å²) < 4.78 is 0. The van der Waals surface area contributed by atoms with Crippen LogP contribution < -0.4 is 10.2 Å². The zero-order chi connectivity index (χ0) is 21.0. The first-order valence-electron chi connectivity index (χ1n) is 9.92. The van der Waals surface area contributed by atoms with Gasteiger partial charge in [0.15, 0.2) is 0 Å². The van der Waals surface area contributed by atoms with Gasteiger partial charge in [0.2, 0.25) is 0 Å². The maximum absolute atomic E-state index is 12.8. The van der Waals surface area contributed by atoms with Gasteiger partial charge in [0, 0.05) is 43.5 Å². The first-order chi connectivity index (χ1) is 13.9. The van der Waals surface area contributed by atoms with E-state index >= 15 is 0 Å². The Morgan fingerprint density at radius 1 is 1.17 bits per heavy atom. The quantitative estimate of drug-likeness (QED) is 0.572. The summed E-state index contributed by atoms with van der Waals surface area (Å²) in [5.74, 6) is -0.277. The van der Waals surface area contributed by atoms with Crippen molar-refractivity contribution in [2.45, 2.75) is 25.8 Å². The van der Waals surface area contributed by atoms with Crippen LogP contribution in [0.25, 0.3) is 0 Å². The van der Waals surface area contributed by atoms with Crippen LogP contribution in [0, 0.1) is 17.0 Å². The molecule has 0 radical (unpaired) electrons. The van der Waals surface area contributed by atoms with Crippen LogP contribution >= 0.6 is 0 Å². The van der Waals surface area contributed by atoms with Crippen molar-refractivity contribution in [2.75, 3.05) is 38.6 Å². The van der Waals surface area contributed by atoms with Crippen LogP contribution in [0.5, 0.6) is 0 Å². The fraction of sp³-hybridized carbons (Fsp3) is 0.409. The molecule has 3 rings (SSSR count). The van der Waals surface area contributed by atoms with Crippen molar-refractivity contribution in [1.29, 1.82) is 0 Å². The highest BCUT2D eigenvalue weighted by Crippen LogP contribution is 2.27. The Labute approximate surface area is 171 Å². The van der Waals surface area contributed by atoms with Gasteiger partial charge < -0.3 is 10.2 Å². The van der Waals surface area contributed by atoms with Gasteiger partial charge in [0.25, 0.3) is 11.6 Å². The van der Waals surface area contributed by atoms with Crippen LogP contribution in [-0.4, -0.2) is 49.5 Å². The van der Waals surface area contributed by atoms with Crippen molar-refractivity contribution < 1.29 is 9.72 Å². The molecule has 0 aromatic heterocycles. The van der Waals surface area contributed by atoms with Crippen molar-refractivity contribution in [3.05, 3.63) is 69.3 Å². The Bertz CT molecular complexity index is 874. The molecule has 0 saturated carbocycles. The third-order valence-electron chi connectivity index (χ3n) is 5.58. The standard InChI is InChI=1S/C22H28N4O3/c1-16-19(7-6-8-20(16)26(28)29)22(27)23-15-21(25-13-4-5-14-25)17-9-11-18(12-10-17)24(2)3/h6-12,21H,4-5,13-15H2,1-3H3,(H,23,27)/t21-/m1/s1. The molecule has 1 saturated heterocycles. The number of rotatable bonds is 7. The molecule has 1 N–H and O–H groups in total. The molecule has 0 bridgehead atoms. The second kappa shape index (κ2) is 9.05. The average molecular weight is 396 g/mol. The predicted molar refractivity (Wildman–Crippen MR) is 114 cm³/mol. The van der Waals surface area contributed by atoms with E-state index in [1.165, 1.54) is 6.07 Å². The van der Waals surface area contributed by atoms with Gasteiger partial charge in [-0.2, -0.15) is 0 Å². The Morgan fingerprint density at radius 3 is 2.41 bits per heavy atom. The maximum atomic E-state index is 12.8. The molecule has 1 amide bonds. The molecule has 2 aromatic carbocycles. The van der Waals surface area contributed by atoms with Gasteiger partial charge in [0.1, 0.15) is 0 Å². The van der Waals surface area contributed by atoms with E-state index in [1.807, 2.05) is 14.1 Å². The number of hydrogen-bond donors (Lipinski definition) is 1. The molecule has 154 valence electrons. The zero-order valence-electron chi connectivity index (χ0n) is 17.2. The minimum atomic E-state index is -0.453. The van der Waals surface area contributed by atoms with Crippen LogP contribution in [-0.2, 0) is 0 Å². The first-order valence-corrected chi connectivity index (χ1v) is 9.92. The number of likely N-dealkylation sites (tertiary alicyclic amines) is 1. The zero-order valence-corrected chi connectivity index (χ0v) is 17.2. The van der Waals surface area contributed by atoms with E-state index in [9.17, 15) is 14.9 Å². The predicted octanol–water partition coefficient (Wildman–Crippen LogP) is 3.54. The van der Waals surface area contributed by atoms with Crippen molar-refractivity contribution in [3.8, 4) is 0 Å². The summed E-state index contributed by atoms with van der Waals surface area (Å²) in [6.07, 6.45) is 2.31. The number of carbonyl (C=O) groups is 1. The lowest BCUT2D eigenvalue weighted by atomic mass is 10.0. The highest BCUT2D eigenvalue weighted by molar-refractivity contribution is 5.96. The number of hydrogen-bond acceptors (Lipinski definition) is 5. The number of benzene rings is 2. The number of nitro groups is 1. The SMILES string of the molecule is Cc1c(C(=O)NC[C@H](c2ccc(N(C)C)cc2)N2CCCC2)cccc1[N+](=O)[O-]. The Hall–Kier alpha value is -2.93. The third-order valence-corrected chi connectivity index (χ3v) is 5.58. The van der Waals surface area contributed by atoms with Crippen LogP contribution in [0.1, 0.15) is 40.4 Å². The Kier molecular flexibility index (Phi) is 6.49. The van der Waals surface area contributed by atoms with E-state index in [4.69, 9.17) is 0 Å². The third kappa shape index (κ3) is 4.74. The minimum Gasteiger partial charge on any atom is -0.378 e. The molecule has 0 unspecified atom stereocenters. The molecule has 1 atom stereocenters. The van der Waals surface area contributed by atoms with Gasteiger partial charge in [-0.15, -0.1) is 0 Å². The molecule has 0 aliphatic carbocycles. The molecule has 1 fully saturated rings. The fourth-order valence-electron chi connectivity index (χ4n) is 3.86. The van der Waals surface area contributed by atoms with Gasteiger partial charge in [-0.3, -0.25) is 19.8 Å². The smallest absolute Gasteiger partial charge is 0.273 e. The summed E-state index contributed by atoms with van der Waals surface area (Å²) in [7, 11) is 4.02. The van der Waals surface area contributed by atoms with Crippen molar-refractivity contribution in [3.63, 3.8) is 0 Å². The fourth-order valence-corrected chi connectivity index (χ4v) is 3.86. The lowest BCUT2D eigenvalue weighted by Crippen LogP contribution is -2.37. The van der Waals surface area contributed by atoms with Gasteiger partial charge in [0.05, 0.1) is 11.0 Å². The van der Waals surface area contributed by atoms with E-state index < -0.39 is 4.92 Å². The molecule has 2 aromatic rings. The Morgan fingerprint density at radius 2 is 1.83 bits per heavy atom. The van der Waals surface area contributed by atoms with Crippen LogP contribution in [0.2, 0.25) is 0 Å². The van der Waals surface area contributed by atoms with E-state index in [2.05, 4.69) is 39.4 Å². The maximum Gasteiger partial charge on any atom is 0.273 e. The molecule has 1 heterocycles. The summed E-state index contributed by atoms with van der Waals surface area (Å²) in [6.45, 7) is 4.09. The summed E-state index contributed by atoms with van der Waals surface area (Å²) in [4.78, 5) is 27.9. The first kappa shape index (κ1) is 20.8. The summed E-state index contributed by atoms with van der Waals surface area (Å²) in [5.41, 5.74) is 3.00. The normalized spacial score (nSPS) is 15.1. The number of amides is 1. The largest absolute Gasteiger partial charge is 0.378 e. The van der Waals surface area contributed by atoms with Crippen molar-refractivity contribution in [2.24, 2.45) is 0 Å².